The van der Waals surface area contributed by atoms with Crippen molar-refractivity contribution in [2.45, 2.75) is 57.4 Å². The van der Waals surface area contributed by atoms with Gasteiger partial charge < -0.3 is 10.4 Å². The summed E-state index contributed by atoms with van der Waals surface area (Å²) in [6.45, 7) is 2.60. The molecule has 0 heterocycles. The quantitative estimate of drug-likeness (QED) is 0.600. The number of hydrogen-bond acceptors (Lipinski definition) is 3. The Labute approximate surface area is 108 Å². The molecule has 0 aromatic carbocycles. The number of carbonyl (C=O) groups is 2. The zero-order valence-corrected chi connectivity index (χ0v) is 11.1. The molecule has 104 valence electrons. The van der Waals surface area contributed by atoms with Gasteiger partial charge in [0.15, 0.2) is 0 Å². The minimum Gasteiger partial charge on any atom is -0.480 e. The minimum absolute atomic E-state index is 0.0306. The molecule has 0 unspecified atom stereocenters. The summed E-state index contributed by atoms with van der Waals surface area (Å²) >= 11 is 0. The van der Waals surface area contributed by atoms with Gasteiger partial charge in [0.1, 0.15) is 0 Å². The number of carbonyl (C=O) groups excluding carboxylic acids is 1. The minimum atomic E-state index is -0.915. The van der Waals surface area contributed by atoms with E-state index in [-0.39, 0.29) is 12.5 Å². The highest BCUT2D eigenvalue weighted by Crippen LogP contribution is 2.28. The van der Waals surface area contributed by atoms with E-state index >= 15 is 0 Å². The molecule has 0 saturated heterocycles. The van der Waals surface area contributed by atoms with E-state index in [1.807, 2.05) is 0 Å². The van der Waals surface area contributed by atoms with Crippen LogP contribution < -0.4 is 10.6 Å². The molecule has 0 bridgehead atoms. The number of rotatable bonds is 7. The Balaban J connectivity index is 2.57. The molecule has 1 fully saturated rings. The van der Waals surface area contributed by atoms with Crippen LogP contribution in [-0.4, -0.2) is 35.6 Å². The summed E-state index contributed by atoms with van der Waals surface area (Å²) in [6, 6.07) is 0. The van der Waals surface area contributed by atoms with Gasteiger partial charge in [-0.15, -0.1) is 0 Å². The van der Waals surface area contributed by atoms with E-state index < -0.39 is 11.5 Å². The first-order valence-electron chi connectivity index (χ1n) is 6.86. The van der Waals surface area contributed by atoms with Gasteiger partial charge in [0.25, 0.3) is 0 Å². The summed E-state index contributed by atoms with van der Waals surface area (Å²) in [6.07, 6.45) is 6.55. The zero-order valence-electron chi connectivity index (χ0n) is 11.1. The van der Waals surface area contributed by atoms with Gasteiger partial charge in [0, 0.05) is 6.54 Å². The van der Waals surface area contributed by atoms with Gasteiger partial charge in [0.2, 0.25) is 5.91 Å². The number of carboxylic acid groups (broad SMARTS) is 1. The van der Waals surface area contributed by atoms with E-state index in [0.29, 0.717) is 6.54 Å². The number of carboxylic acids is 1. The molecular weight excluding hydrogens is 232 g/mol. The van der Waals surface area contributed by atoms with Crippen LogP contribution in [0.5, 0.6) is 0 Å². The molecule has 3 N–H and O–H groups in total. The van der Waals surface area contributed by atoms with Crippen molar-refractivity contribution in [3.63, 3.8) is 0 Å². The molecule has 0 spiro atoms. The van der Waals surface area contributed by atoms with Crippen LogP contribution in [0.25, 0.3) is 0 Å². The Morgan fingerprint density at radius 3 is 2.44 bits per heavy atom. The monoisotopic (exact) mass is 256 g/mol. The smallest absolute Gasteiger partial charge is 0.317 e. The number of unbranched alkanes of at least 4 members (excludes halogenated alkanes) is 1. The van der Waals surface area contributed by atoms with Crippen LogP contribution >= 0.6 is 0 Å². The first kappa shape index (κ1) is 15.0. The van der Waals surface area contributed by atoms with Crippen LogP contribution in [0.15, 0.2) is 0 Å². The number of hydrogen-bond donors (Lipinski definition) is 3. The lowest BCUT2D eigenvalue weighted by Gasteiger charge is -2.36. The van der Waals surface area contributed by atoms with Crippen LogP contribution in [0, 0.1) is 0 Å². The van der Waals surface area contributed by atoms with Gasteiger partial charge in [-0.1, -0.05) is 32.6 Å². The fraction of sp³-hybridized carbons (Fsp3) is 0.846. The summed E-state index contributed by atoms with van der Waals surface area (Å²) in [5.74, 6) is -0.946. The second-order valence-electron chi connectivity index (χ2n) is 5.00. The predicted octanol–water partition coefficient (Wildman–Crippen LogP) is 1.28. The van der Waals surface area contributed by atoms with E-state index in [1.54, 1.807) is 0 Å². The highest BCUT2D eigenvalue weighted by molar-refractivity contribution is 5.87. The Kier molecular flexibility index (Phi) is 6.12. The molecule has 0 atom stereocenters. The number of amides is 1. The van der Waals surface area contributed by atoms with Crippen molar-refractivity contribution in [1.82, 2.24) is 10.6 Å². The van der Waals surface area contributed by atoms with Gasteiger partial charge in [-0.25, -0.2) is 0 Å². The lowest BCUT2D eigenvalue weighted by Crippen LogP contribution is -2.59. The second kappa shape index (κ2) is 7.36. The standard InChI is InChI=1S/C13H24N2O3/c1-2-3-9-14-12(18)13(15-10-11(16)17)7-5-4-6-8-13/h15H,2-10H2,1H3,(H,14,18)(H,16,17). The number of nitrogens with one attached hydrogen (secondary N) is 2. The molecule has 5 nitrogen and oxygen atoms in total. The SMILES string of the molecule is CCCCNC(=O)C1(NCC(=O)O)CCCCC1. The summed E-state index contributed by atoms with van der Waals surface area (Å²) < 4.78 is 0. The Morgan fingerprint density at radius 2 is 1.89 bits per heavy atom. The third-order valence-electron chi connectivity index (χ3n) is 3.54. The van der Waals surface area contributed by atoms with Crippen LogP contribution in [0.3, 0.4) is 0 Å². The van der Waals surface area contributed by atoms with Gasteiger partial charge in [-0.3, -0.25) is 14.9 Å². The summed E-state index contributed by atoms with van der Waals surface area (Å²) in [4.78, 5) is 22.9. The van der Waals surface area contributed by atoms with Crippen molar-refractivity contribution in [2.75, 3.05) is 13.1 Å². The third kappa shape index (κ3) is 4.29. The molecule has 0 aliphatic heterocycles. The van der Waals surface area contributed by atoms with E-state index in [9.17, 15) is 9.59 Å². The Bertz CT molecular complexity index is 286. The van der Waals surface area contributed by atoms with Crippen LogP contribution in [-0.2, 0) is 9.59 Å². The highest BCUT2D eigenvalue weighted by Gasteiger charge is 2.39. The normalized spacial score (nSPS) is 18.3. The van der Waals surface area contributed by atoms with Crippen LogP contribution in [0.1, 0.15) is 51.9 Å². The molecule has 1 amide bonds. The van der Waals surface area contributed by atoms with E-state index in [0.717, 1.165) is 44.9 Å². The topological polar surface area (TPSA) is 78.4 Å². The van der Waals surface area contributed by atoms with Crippen LogP contribution in [0.2, 0.25) is 0 Å². The summed E-state index contributed by atoms with van der Waals surface area (Å²) in [7, 11) is 0. The van der Waals surface area contributed by atoms with Gasteiger partial charge in [-0.2, -0.15) is 0 Å². The maximum Gasteiger partial charge on any atom is 0.317 e. The molecule has 0 aromatic heterocycles. The predicted molar refractivity (Wildman–Crippen MR) is 69.4 cm³/mol. The lowest BCUT2D eigenvalue weighted by molar-refractivity contribution is -0.137. The highest BCUT2D eigenvalue weighted by atomic mass is 16.4. The summed E-state index contributed by atoms with van der Waals surface area (Å²) in [5, 5.41) is 14.6. The van der Waals surface area contributed by atoms with E-state index in [4.69, 9.17) is 5.11 Å². The fourth-order valence-corrected chi connectivity index (χ4v) is 2.43. The van der Waals surface area contributed by atoms with Crippen LogP contribution in [0.4, 0.5) is 0 Å². The number of aliphatic carboxylic acids is 1. The first-order chi connectivity index (χ1) is 8.60. The van der Waals surface area contributed by atoms with E-state index in [2.05, 4.69) is 17.6 Å². The van der Waals surface area contributed by atoms with Gasteiger partial charge >= 0.3 is 5.97 Å². The van der Waals surface area contributed by atoms with Crippen molar-refractivity contribution < 1.29 is 14.7 Å². The average Bonchev–Trinajstić information content (AvgIpc) is 2.37. The molecule has 1 aliphatic carbocycles. The van der Waals surface area contributed by atoms with Crippen molar-refractivity contribution >= 4 is 11.9 Å². The molecule has 0 radical (unpaired) electrons. The molecule has 1 saturated carbocycles. The molecule has 18 heavy (non-hydrogen) atoms. The van der Waals surface area contributed by atoms with Crippen molar-refractivity contribution in [3.05, 3.63) is 0 Å². The third-order valence-corrected chi connectivity index (χ3v) is 3.54. The largest absolute Gasteiger partial charge is 0.480 e. The Morgan fingerprint density at radius 1 is 1.22 bits per heavy atom. The molecule has 0 aromatic rings. The van der Waals surface area contributed by atoms with Crippen molar-refractivity contribution in [2.24, 2.45) is 0 Å². The maximum absolute atomic E-state index is 12.2. The Hall–Kier alpha value is -1.10. The molecular formula is C13H24N2O3. The van der Waals surface area contributed by atoms with Gasteiger partial charge in [-0.05, 0) is 19.3 Å². The van der Waals surface area contributed by atoms with Gasteiger partial charge in [0.05, 0.1) is 12.1 Å². The van der Waals surface area contributed by atoms with Crippen molar-refractivity contribution in [3.8, 4) is 0 Å². The molecule has 5 heteroatoms. The van der Waals surface area contributed by atoms with E-state index in [1.165, 1.54) is 0 Å². The summed E-state index contributed by atoms with van der Waals surface area (Å²) in [5.41, 5.74) is -0.662. The maximum atomic E-state index is 12.2. The first-order valence-corrected chi connectivity index (χ1v) is 6.86. The fourth-order valence-electron chi connectivity index (χ4n) is 2.43. The second-order valence-corrected chi connectivity index (χ2v) is 5.00. The van der Waals surface area contributed by atoms with Crippen molar-refractivity contribution in [1.29, 1.82) is 0 Å². The lowest BCUT2D eigenvalue weighted by atomic mass is 9.80. The molecule has 1 rings (SSSR count). The molecule has 1 aliphatic rings. The average molecular weight is 256 g/mol. The zero-order chi connectivity index (χ0) is 13.4.